The first-order valence-electron chi connectivity index (χ1n) is 6.81. The van der Waals surface area contributed by atoms with Crippen molar-refractivity contribution in [3.05, 3.63) is 0 Å². The van der Waals surface area contributed by atoms with Gasteiger partial charge >= 0.3 is 0 Å². The van der Waals surface area contributed by atoms with Crippen LogP contribution in [0.25, 0.3) is 0 Å². The number of ketones is 1. The Balaban J connectivity index is 2.69. The predicted octanol–water partition coefficient (Wildman–Crippen LogP) is -5.55. The number of carbonyl (C=O) groups is 1. The van der Waals surface area contributed by atoms with Gasteiger partial charge in [0.05, 0.1) is 13.2 Å². The molecule has 0 radical (unpaired) electrons. The molecule has 1 rings (SSSR count). The molecule has 136 valence electrons. The lowest BCUT2D eigenvalue weighted by atomic mass is 10.0. The van der Waals surface area contributed by atoms with Gasteiger partial charge in [0.15, 0.2) is 5.78 Å². The molecule has 7 unspecified atom stereocenters. The van der Waals surface area contributed by atoms with E-state index in [0.717, 1.165) is 0 Å². The third kappa shape index (κ3) is 4.22. The lowest BCUT2D eigenvalue weighted by Crippen LogP contribution is -2.52. The molecule has 0 spiro atoms. The standard InChI is InChI=1S/C12H22O11/c13-1-5(16)8(18)9(19)6(17)3-22-12(4-15)11(21)10(20)7(2-14)23-12/h6-11,13-15,17-21H,1-4H2. The monoisotopic (exact) mass is 342 g/mol. The number of Topliss-reactive ketones (excluding diaryl/α,β-unsaturated/α-hetero) is 1. The number of hydrogen-bond donors (Lipinski definition) is 8. The molecule has 0 aromatic carbocycles. The van der Waals surface area contributed by atoms with E-state index in [1.165, 1.54) is 0 Å². The lowest BCUT2D eigenvalue weighted by molar-refractivity contribution is -0.286. The van der Waals surface area contributed by atoms with E-state index >= 15 is 0 Å². The molecule has 8 N–H and O–H groups in total. The highest BCUT2D eigenvalue weighted by atomic mass is 16.7. The average Bonchev–Trinajstić information content (AvgIpc) is 2.82. The van der Waals surface area contributed by atoms with Crippen molar-refractivity contribution in [2.75, 3.05) is 26.4 Å². The SMILES string of the molecule is O=C(CO)C(O)C(O)C(O)COC1(CO)OC(CO)C(O)C1O. The van der Waals surface area contributed by atoms with Crippen LogP contribution >= 0.6 is 0 Å². The highest BCUT2D eigenvalue weighted by Gasteiger charge is 2.55. The molecule has 0 aromatic heterocycles. The van der Waals surface area contributed by atoms with Crippen molar-refractivity contribution in [1.82, 2.24) is 0 Å². The Morgan fingerprint density at radius 1 is 1.17 bits per heavy atom. The molecule has 1 saturated heterocycles. The van der Waals surface area contributed by atoms with Crippen LogP contribution < -0.4 is 0 Å². The van der Waals surface area contributed by atoms with E-state index in [0.29, 0.717) is 0 Å². The smallest absolute Gasteiger partial charge is 0.221 e. The fraction of sp³-hybridized carbons (Fsp3) is 0.917. The molecule has 23 heavy (non-hydrogen) atoms. The normalized spacial score (nSPS) is 35.0. The summed E-state index contributed by atoms with van der Waals surface area (Å²) in [6.45, 7) is -3.45. The lowest BCUT2D eigenvalue weighted by Gasteiger charge is -2.32. The van der Waals surface area contributed by atoms with Crippen LogP contribution in [0, 0.1) is 0 Å². The topological polar surface area (TPSA) is 197 Å². The Bertz CT molecular complexity index is 391. The van der Waals surface area contributed by atoms with Crippen molar-refractivity contribution < 1.29 is 55.1 Å². The molecule has 0 saturated carbocycles. The molecule has 0 aliphatic carbocycles. The van der Waals surface area contributed by atoms with E-state index in [1.54, 1.807) is 0 Å². The minimum atomic E-state index is -2.15. The number of aliphatic hydroxyl groups excluding tert-OH is 8. The molecular weight excluding hydrogens is 320 g/mol. The zero-order valence-corrected chi connectivity index (χ0v) is 12.1. The van der Waals surface area contributed by atoms with E-state index in [2.05, 4.69) is 0 Å². The maximum Gasteiger partial charge on any atom is 0.221 e. The number of rotatable bonds is 9. The van der Waals surface area contributed by atoms with Gasteiger partial charge in [0, 0.05) is 0 Å². The molecule has 11 nitrogen and oxygen atoms in total. The third-order valence-corrected chi connectivity index (χ3v) is 3.61. The largest absolute Gasteiger partial charge is 0.394 e. The zero-order valence-electron chi connectivity index (χ0n) is 12.1. The van der Waals surface area contributed by atoms with Crippen molar-refractivity contribution in [2.24, 2.45) is 0 Å². The Labute approximate surface area is 130 Å². The van der Waals surface area contributed by atoms with Crippen LogP contribution in [0.4, 0.5) is 0 Å². The molecule has 0 aromatic rings. The van der Waals surface area contributed by atoms with Gasteiger partial charge in [-0.15, -0.1) is 0 Å². The highest BCUT2D eigenvalue weighted by molar-refractivity contribution is 5.84. The maximum atomic E-state index is 11.0. The second-order valence-electron chi connectivity index (χ2n) is 5.18. The van der Waals surface area contributed by atoms with Crippen LogP contribution in [-0.2, 0) is 14.3 Å². The Kier molecular flexibility index (Phi) is 7.41. The van der Waals surface area contributed by atoms with Crippen molar-refractivity contribution >= 4 is 5.78 Å². The van der Waals surface area contributed by atoms with Crippen LogP contribution in [0.5, 0.6) is 0 Å². The van der Waals surface area contributed by atoms with Gasteiger partial charge in [-0.25, -0.2) is 0 Å². The number of hydrogen-bond acceptors (Lipinski definition) is 11. The second kappa shape index (κ2) is 8.39. The van der Waals surface area contributed by atoms with Gasteiger partial charge in [-0.2, -0.15) is 0 Å². The first-order valence-corrected chi connectivity index (χ1v) is 6.81. The van der Waals surface area contributed by atoms with Crippen molar-refractivity contribution in [2.45, 2.75) is 42.4 Å². The van der Waals surface area contributed by atoms with E-state index in [9.17, 15) is 35.4 Å². The number of aliphatic hydroxyl groups is 8. The van der Waals surface area contributed by atoms with Gasteiger partial charge in [0.2, 0.25) is 5.79 Å². The molecule has 1 heterocycles. The minimum absolute atomic E-state index is 0.668. The maximum absolute atomic E-state index is 11.0. The summed E-state index contributed by atoms with van der Waals surface area (Å²) in [4.78, 5) is 11.0. The van der Waals surface area contributed by atoms with Gasteiger partial charge < -0.3 is 50.3 Å². The summed E-state index contributed by atoms with van der Waals surface area (Å²) in [6.07, 6.45) is -10.4. The summed E-state index contributed by atoms with van der Waals surface area (Å²) in [6, 6.07) is 0. The summed E-state index contributed by atoms with van der Waals surface area (Å²) >= 11 is 0. The number of carbonyl (C=O) groups excluding carboxylic acids is 1. The second-order valence-corrected chi connectivity index (χ2v) is 5.18. The van der Waals surface area contributed by atoms with E-state index < -0.39 is 74.6 Å². The first-order chi connectivity index (χ1) is 10.7. The van der Waals surface area contributed by atoms with Gasteiger partial charge in [-0.3, -0.25) is 4.79 Å². The van der Waals surface area contributed by atoms with Crippen LogP contribution in [0.15, 0.2) is 0 Å². The average molecular weight is 342 g/mol. The van der Waals surface area contributed by atoms with Gasteiger partial charge in [-0.05, 0) is 0 Å². The number of ether oxygens (including phenoxy) is 2. The van der Waals surface area contributed by atoms with Crippen LogP contribution in [0.2, 0.25) is 0 Å². The first kappa shape index (κ1) is 20.3. The van der Waals surface area contributed by atoms with Gasteiger partial charge in [-0.1, -0.05) is 0 Å². The predicted molar refractivity (Wildman–Crippen MR) is 69.9 cm³/mol. The van der Waals surface area contributed by atoms with E-state index in [4.69, 9.17) is 19.7 Å². The van der Waals surface area contributed by atoms with Crippen molar-refractivity contribution in [3.63, 3.8) is 0 Å². The molecule has 0 bridgehead atoms. The zero-order chi connectivity index (χ0) is 17.8. The Hall–Kier alpha value is -0.730. The third-order valence-electron chi connectivity index (χ3n) is 3.61. The fourth-order valence-electron chi connectivity index (χ4n) is 2.12. The summed E-state index contributed by atoms with van der Waals surface area (Å²) in [7, 11) is 0. The quantitative estimate of drug-likeness (QED) is 0.199. The molecule has 1 aliphatic heterocycles. The molecule has 11 heteroatoms. The Morgan fingerprint density at radius 3 is 2.22 bits per heavy atom. The highest BCUT2D eigenvalue weighted by Crippen LogP contribution is 2.32. The molecule has 0 amide bonds. The van der Waals surface area contributed by atoms with Crippen LogP contribution in [0.3, 0.4) is 0 Å². The Morgan fingerprint density at radius 2 is 1.78 bits per heavy atom. The van der Waals surface area contributed by atoms with Crippen LogP contribution in [-0.4, -0.2) is 115 Å². The van der Waals surface area contributed by atoms with E-state index in [1.807, 2.05) is 0 Å². The molecular formula is C12H22O11. The minimum Gasteiger partial charge on any atom is -0.394 e. The van der Waals surface area contributed by atoms with Crippen molar-refractivity contribution in [1.29, 1.82) is 0 Å². The van der Waals surface area contributed by atoms with Gasteiger partial charge in [0.25, 0.3) is 0 Å². The summed E-state index contributed by atoms with van der Waals surface area (Å²) in [5, 5.41) is 75.0. The fourth-order valence-corrected chi connectivity index (χ4v) is 2.12. The summed E-state index contributed by atoms with van der Waals surface area (Å²) in [5.41, 5.74) is 0. The molecule has 1 fully saturated rings. The molecule has 1 aliphatic rings. The van der Waals surface area contributed by atoms with Crippen molar-refractivity contribution in [3.8, 4) is 0 Å². The van der Waals surface area contributed by atoms with E-state index in [-0.39, 0.29) is 0 Å². The van der Waals surface area contributed by atoms with Gasteiger partial charge in [0.1, 0.15) is 49.8 Å². The summed E-state index contributed by atoms with van der Waals surface area (Å²) in [5.74, 6) is -3.28. The molecule has 7 atom stereocenters. The van der Waals surface area contributed by atoms with Crippen LogP contribution in [0.1, 0.15) is 0 Å². The summed E-state index contributed by atoms with van der Waals surface area (Å²) < 4.78 is 10.1.